The molecule has 0 radical (unpaired) electrons. The summed E-state index contributed by atoms with van der Waals surface area (Å²) in [5.74, 6) is -0.388. The van der Waals surface area contributed by atoms with Gasteiger partial charge in [0.15, 0.2) is 0 Å². The lowest BCUT2D eigenvalue weighted by Gasteiger charge is -2.23. The molecule has 1 atom stereocenters. The van der Waals surface area contributed by atoms with E-state index in [2.05, 4.69) is 0 Å². The summed E-state index contributed by atoms with van der Waals surface area (Å²) < 4.78 is 15.9. The van der Waals surface area contributed by atoms with Gasteiger partial charge in [-0.1, -0.05) is 0 Å². The van der Waals surface area contributed by atoms with Crippen LogP contribution in [0.3, 0.4) is 0 Å². The second kappa shape index (κ2) is 5.27. The summed E-state index contributed by atoms with van der Waals surface area (Å²) in [6.07, 6.45) is 0.791. The number of hydrogen-bond donors (Lipinski definition) is 2. The molecule has 0 aliphatic carbocycles. The molecule has 0 saturated carbocycles. The first-order valence-electron chi connectivity index (χ1n) is 5.29. The fourth-order valence-corrected chi connectivity index (χ4v) is 2.62. The summed E-state index contributed by atoms with van der Waals surface area (Å²) in [6.45, 7) is 4.03. The third kappa shape index (κ3) is 4.22. The molecule has 2 N–H and O–H groups in total. The van der Waals surface area contributed by atoms with Crippen LogP contribution < -0.4 is 0 Å². The molecule has 16 heavy (non-hydrogen) atoms. The van der Waals surface area contributed by atoms with E-state index in [1.807, 2.05) is 0 Å². The van der Waals surface area contributed by atoms with Crippen LogP contribution in [0.4, 0.5) is 0 Å². The Morgan fingerprint density at radius 1 is 1.56 bits per heavy atom. The van der Waals surface area contributed by atoms with Crippen LogP contribution in [-0.4, -0.2) is 45.6 Å². The van der Waals surface area contributed by atoms with Crippen LogP contribution in [0.25, 0.3) is 0 Å². The Morgan fingerprint density at radius 3 is 2.69 bits per heavy atom. The van der Waals surface area contributed by atoms with E-state index in [4.69, 9.17) is 14.5 Å². The molecule has 0 aromatic heterocycles. The average molecular weight is 251 g/mol. The van der Waals surface area contributed by atoms with Gasteiger partial charge in [-0.05, 0) is 33.2 Å². The van der Waals surface area contributed by atoms with Gasteiger partial charge < -0.3 is 14.5 Å². The summed E-state index contributed by atoms with van der Waals surface area (Å²) in [4.78, 5) is 30.9. The van der Waals surface area contributed by atoms with Crippen molar-refractivity contribution in [2.45, 2.75) is 38.8 Å². The molecule has 7 heteroatoms. The van der Waals surface area contributed by atoms with Gasteiger partial charge in [-0.3, -0.25) is 14.3 Å². The molecule has 6 nitrogen and oxygen atoms in total. The van der Waals surface area contributed by atoms with Crippen LogP contribution in [0.1, 0.15) is 26.7 Å². The number of likely N-dealkylation sites (tertiary alicyclic amines) is 1. The molecule has 1 aliphatic heterocycles. The van der Waals surface area contributed by atoms with Crippen LogP contribution in [0.2, 0.25) is 0 Å². The van der Waals surface area contributed by atoms with Crippen molar-refractivity contribution in [3.8, 4) is 0 Å². The van der Waals surface area contributed by atoms with E-state index in [-0.39, 0.29) is 18.4 Å². The number of esters is 1. The molecule has 0 spiro atoms. The molecule has 1 aliphatic rings. The molecule has 94 valence electrons. The third-order valence-corrected chi connectivity index (χ3v) is 3.09. The minimum Gasteiger partial charge on any atom is -0.462 e. The molecule has 1 rings (SSSR count). The second-order valence-corrected chi connectivity index (χ2v) is 5.87. The first kappa shape index (κ1) is 13.6. The van der Waals surface area contributed by atoms with Gasteiger partial charge in [0.05, 0.1) is 6.10 Å². The van der Waals surface area contributed by atoms with Crippen molar-refractivity contribution in [3.63, 3.8) is 0 Å². The molecule has 1 saturated heterocycles. The van der Waals surface area contributed by atoms with Crippen LogP contribution in [0, 0.1) is 0 Å². The van der Waals surface area contributed by atoms with E-state index < -0.39 is 13.6 Å². The maximum Gasteiger partial charge on any atom is 0.339 e. The number of hydrogen-bond acceptors (Lipinski definition) is 4. The lowest BCUT2D eigenvalue weighted by Crippen LogP contribution is -2.38. The Balaban J connectivity index is 2.58. The molecular formula is C9H18NO5P. The van der Waals surface area contributed by atoms with Crippen molar-refractivity contribution < 1.29 is 23.9 Å². The SMILES string of the molecule is CC(C)OC(=O)[C@@H]1CCCN1CP(=O)(O)O. The second-order valence-electron chi connectivity index (χ2n) is 4.26. The summed E-state index contributed by atoms with van der Waals surface area (Å²) in [6, 6.07) is -0.505. The van der Waals surface area contributed by atoms with E-state index in [0.29, 0.717) is 13.0 Å². The van der Waals surface area contributed by atoms with Gasteiger partial charge in [0.2, 0.25) is 0 Å². The lowest BCUT2D eigenvalue weighted by molar-refractivity contribution is -0.152. The third-order valence-electron chi connectivity index (χ3n) is 2.35. The quantitative estimate of drug-likeness (QED) is 0.560. The molecule has 0 amide bonds. The van der Waals surface area contributed by atoms with E-state index >= 15 is 0 Å². The molecule has 0 aromatic carbocycles. The van der Waals surface area contributed by atoms with Gasteiger partial charge in [0.25, 0.3) is 0 Å². The molecule has 0 aromatic rings. The van der Waals surface area contributed by atoms with Crippen molar-refractivity contribution >= 4 is 13.6 Å². The normalized spacial score (nSPS) is 22.7. The minimum absolute atomic E-state index is 0.204. The monoisotopic (exact) mass is 251 g/mol. The smallest absolute Gasteiger partial charge is 0.339 e. The highest BCUT2D eigenvalue weighted by atomic mass is 31.2. The molecular weight excluding hydrogens is 233 g/mol. The zero-order chi connectivity index (χ0) is 12.3. The Bertz CT molecular complexity index is 300. The highest BCUT2D eigenvalue weighted by Crippen LogP contribution is 2.37. The Morgan fingerprint density at radius 2 is 2.19 bits per heavy atom. The topological polar surface area (TPSA) is 87.1 Å². The molecule has 0 unspecified atom stereocenters. The molecule has 1 fully saturated rings. The number of ether oxygens (including phenoxy) is 1. The van der Waals surface area contributed by atoms with E-state index in [0.717, 1.165) is 6.42 Å². The van der Waals surface area contributed by atoms with Gasteiger partial charge in [0.1, 0.15) is 12.3 Å². The lowest BCUT2D eigenvalue weighted by atomic mass is 10.2. The maximum absolute atomic E-state index is 11.6. The van der Waals surface area contributed by atoms with Gasteiger partial charge in [0, 0.05) is 0 Å². The zero-order valence-electron chi connectivity index (χ0n) is 9.50. The van der Waals surface area contributed by atoms with E-state index in [9.17, 15) is 9.36 Å². The minimum atomic E-state index is -4.11. The Kier molecular flexibility index (Phi) is 4.50. The maximum atomic E-state index is 11.6. The van der Waals surface area contributed by atoms with Crippen LogP contribution in [0.5, 0.6) is 0 Å². The van der Waals surface area contributed by atoms with Gasteiger partial charge in [-0.25, -0.2) is 0 Å². The standard InChI is InChI=1S/C9H18NO5P/c1-7(2)15-9(11)8-4-3-5-10(8)6-16(12,13)14/h7-8H,3-6H2,1-2H3,(H2,12,13,14)/t8-/m0/s1. The zero-order valence-corrected chi connectivity index (χ0v) is 10.4. The molecule has 0 bridgehead atoms. The fraction of sp³-hybridized carbons (Fsp3) is 0.889. The first-order valence-corrected chi connectivity index (χ1v) is 7.08. The number of nitrogens with zero attached hydrogens (tertiary/aromatic N) is 1. The predicted molar refractivity (Wildman–Crippen MR) is 57.9 cm³/mol. The highest BCUT2D eigenvalue weighted by molar-refractivity contribution is 7.51. The largest absolute Gasteiger partial charge is 0.462 e. The van der Waals surface area contributed by atoms with E-state index in [1.165, 1.54) is 4.90 Å². The van der Waals surface area contributed by atoms with Gasteiger partial charge in [-0.2, -0.15) is 0 Å². The fourth-order valence-electron chi connectivity index (χ4n) is 1.81. The van der Waals surface area contributed by atoms with Gasteiger partial charge >= 0.3 is 13.6 Å². The molecule has 1 heterocycles. The van der Waals surface area contributed by atoms with Crippen LogP contribution >= 0.6 is 7.60 Å². The van der Waals surface area contributed by atoms with Crippen LogP contribution in [0.15, 0.2) is 0 Å². The van der Waals surface area contributed by atoms with Crippen LogP contribution in [-0.2, 0) is 14.1 Å². The number of rotatable bonds is 4. The van der Waals surface area contributed by atoms with Crippen molar-refractivity contribution in [2.24, 2.45) is 0 Å². The Labute approximate surface area is 94.7 Å². The first-order chi connectivity index (χ1) is 7.29. The average Bonchev–Trinajstić information content (AvgIpc) is 2.47. The summed E-state index contributed by atoms with van der Waals surface area (Å²) in [5.41, 5.74) is 0. The van der Waals surface area contributed by atoms with Crippen molar-refractivity contribution in [3.05, 3.63) is 0 Å². The van der Waals surface area contributed by atoms with E-state index in [1.54, 1.807) is 13.8 Å². The number of carbonyl (C=O) groups excluding carboxylic acids is 1. The predicted octanol–water partition coefficient (Wildman–Crippen LogP) is 0.538. The summed E-state index contributed by atoms with van der Waals surface area (Å²) in [5, 5.41) is 0. The van der Waals surface area contributed by atoms with Crippen molar-refractivity contribution in [1.82, 2.24) is 4.90 Å². The van der Waals surface area contributed by atoms with Gasteiger partial charge in [-0.15, -0.1) is 0 Å². The highest BCUT2D eigenvalue weighted by Gasteiger charge is 2.35. The Hall–Kier alpha value is -0.420. The van der Waals surface area contributed by atoms with Crippen molar-refractivity contribution in [1.29, 1.82) is 0 Å². The van der Waals surface area contributed by atoms with Crippen molar-refractivity contribution in [2.75, 3.05) is 12.8 Å². The summed E-state index contributed by atoms with van der Waals surface area (Å²) >= 11 is 0. The number of carbonyl (C=O) groups is 1. The summed E-state index contributed by atoms with van der Waals surface area (Å²) in [7, 11) is -4.11.